The van der Waals surface area contributed by atoms with Crippen molar-refractivity contribution in [1.29, 1.82) is 0 Å². The van der Waals surface area contributed by atoms with Crippen LogP contribution in [0.4, 0.5) is 0 Å². The van der Waals surface area contributed by atoms with Gasteiger partial charge in [0.25, 0.3) is 0 Å². The molecule has 0 fully saturated rings. The normalized spacial score (nSPS) is 12.1. The monoisotopic (exact) mass is 309 g/mol. The van der Waals surface area contributed by atoms with Gasteiger partial charge in [-0.25, -0.2) is 0 Å². The van der Waals surface area contributed by atoms with Gasteiger partial charge in [0.15, 0.2) is 0 Å². The van der Waals surface area contributed by atoms with Crippen LogP contribution >= 0.6 is 0 Å². The SMILES string of the molecule is CCn1c2ccccc2c2cc(CN(C)CCN(C)C)ccc21. The molecule has 1 aromatic heterocycles. The van der Waals surface area contributed by atoms with E-state index >= 15 is 0 Å². The quantitative estimate of drug-likeness (QED) is 0.686. The summed E-state index contributed by atoms with van der Waals surface area (Å²) >= 11 is 0. The molecule has 0 aliphatic carbocycles. The van der Waals surface area contributed by atoms with Crippen molar-refractivity contribution in [3.05, 3.63) is 48.0 Å². The summed E-state index contributed by atoms with van der Waals surface area (Å²) in [5, 5.41) is 2.74. The minimum Gasteiger partial charge on any atom is -0.341 e. The van der Waals surface area contributed by atoms with Gasteiger partial charge in [0.05, 0.1) is 0 Å². The fraction of sp³-hybridized carbons (Fsp3) is 0.400. The van der Waals surface area contributed by atoms with E-state index in [9.17, 15) is 0 Å². The van der Waals surface area contributed by atoms with Crippen molar-refractivity contribution in [2.24, 2.45) is 0 Å². The molecule has 0 spiro atoms. The Morgan fingerprint density at radius 2 is 1.61 bits per heavy atom. The number of aromatic nitrogens is 1. The van der Waals surface area contributed by atoms with Crippen molar-refractivity contribution in [3.8, 4) is 0 Å². The smallest absolute Gasteiger partial charge is 0.0491 e. The fourth-order valence-electron chi connectivity index (χ4n) is 3.30. The average Bonchev–Trinajstić information content (AvgIpc) is 2.86. The summed E-state index contributed by atoms with van der Waals surface area (Å²) in [6, 6.07) is 15.7. The lowest BCUT2D eigenvalue weighted by Crippen LogP contribution is -2.28. The molecular formula is C20H27N3. The maximum Gasteiger partial charge on any atom is 0.0491 e. The summed E-state index contributed by atoms with van der Waals surface area (Å²) < 4.78 is 2.41. The van der Waals surface area contributed by atoms with Crippen LogP contribution in [0.2, 0.25) is 0 Å². The Hall–Kier alpha value is -1.84. The number of fused-ring (bicyclic) bond motifs is 3. The van der Waals surface area contributed by atoms with Crippen LogP contribution in [0, 0.1) is 0 Å². The molecule has 3 aromatic rings. The molecule has 1 heterocycles. The van der Waals surface area contributed by atoms with Crippen LogP contribution < -0.4 is 0 Å². The number of benzene rings is 2. The van der Waals surface area contributed by atoms with E-state index in [0.29, 0.717) is 0 Å². The minimum absolute atomic E-state index is 0.995. The Balaban J connectivity index is 1.94. The largest absolute Gasteiger partial charge is 0.341 e. The Morgan fingerprint density at radius 3 is 2.35 bits per heavy atom. The van der Waals surface area contributed by atoms with Crippen molar-refractivity contribution in [3.63, 3.8) is 0 Å². The standard InChI is InChI=1S/C20H27N3/c1-5-23-19-9-7-6-8-17(19)18-14-16(10-11-20(18)23)15-22(4)13-12-21(2)3/h6-11,14H,5,12-13,15H2,1-4H3. The van der Waals surface area contributed by atoms with Crippen molar-refractivity contribution >= 4 is 21.8 Å². The lowest BCUT2D eigenvalue weighted by molar-refractivity contribution is 0.276. The third-order valence-corrected chi connectivity index (χ3v) is 4.53. The minimum atomic E-state index is 0.995. The van der Waals surface area contributed by atoms with Crippen molar-refractivity contribution in [1.82, 2.24) is 14.4 Å². The Bertz CT molecular complexity index is 801. The van der Waals surface area contributed by atoms with Gasteiger partial charge in [-0.1, -0.05) is 24.3 Å². The summed E-state index contributed by atoms with van der Waals surface area (Å²) in [4.78, 5) is 4.62. The van der Waals surface area contributed by atoms with E-state index in [2.05, 4.69) is 84.9 Å². The fourth-order valence-corrected chi connectivity index (χ4v) is 3.30. The van der Waals surface area contributed by atoms with Gasteiger partial charge in [0, 0.05) is 48.0 Å². The summed E-state index contributed by atoms with van der Waals surface area (Å²) in [5.74, 6) is 0. The second kappa shape index (κ2) is 6.73. The number of likely N-dealkylation sites (N-methyl/N-ethyl adjacent to an activating group) is 2. The first-order valence-electron chi connectivity index (χ1n) is 8.43. The van der Waals surface area contributed by atoms with Gasteiger partial charge >= 0.3 is 0 Å². The summed E-state index contributed by atoms with van der Waals surface area (Å²) in [7, 11) is 6.45. The predicted molar refractivity (Wildman–Crippen MR) is 100 cm³/mol. The maximum absolute atomic E-state index is 2.41. The number of rotatable bonds is 6. The Kier molecular flexibility index (Phi) is 4.69. The number of aryl methyl sites for hydroxylation is 1. The van der Waals surface area contributed by atoms with E-state index < -0.39 is 0 Å². The molecule has 3 nitrogen and oxygen atoms in total. The van der Waals surface area contributed by atoms with Gasteiger partial charge in [0.2, 0.25) is 0 Å². The number of para-hydroxylation sites is 1. The average molecular weight is 309 g/mol. The van der Waals surface area contributed by atoms with Crippen LogP contribution in [0.1, 0.15) is 12.5 Å². The first-order chi connectivity index (χ1) is 11.1. The molecule has 0 N–H and O–H groups in total. The zero-order chi connectivity index (χ0) is 16.4. The molecule has 0 unspecified atom stereocenters. The van der Waals surface area contributed by atoms with Crippen LogP contribution in [-0.2, 0) is 13.1 Å². The molecule has 0 aliphatic rings. The number of hydrogen-bond acceptors (Lipinski definition) is 2. The molecule has 0 bridgehead atoms. The Labute approximate surface area is 139 Å². The molecule has 122 valence electrons. The van der Waals surface area contributed by atoms with Crippen LogP contribution in [0.3, 0.4) is 0 Å². The molecule has 3 heteroatoms. The maximum atomic E-state index is 2.41. The highest BCUT2D eigenvalue weighted by atomic mass is 15.1. The first-order valence-corrected chi connectivity index (χ1v) is 8.43. The van der Waals surface area contributed by atoms with Gasteiger partial charge in [-0.3, -0.25) is 0 Å². The number of nitrogens with zero attached hydrogens (tertiary/aromatic N) is 3. The zero-order valence-electron chi connectivity index (χ0n) is 14.7. The molecule has 0 atom stereocenters. The zero-order valence-corrected chi connectivity index (χ0v) is 14.7. The second-order valence-electron chi connectivity index (χ2n) is 6.65. The van der Waals surface area contributed by atoms with E-state index in [1.54, 1.807) is 0 Å². The van der Waals surface area contributed by atoms with E-state index in [1.165, 1.54) is 27.4 Å². The van der Waals surface area contributed by atoms with Crippen molar-refractivity contribution in [2.45, 2.75) is 20.0 Å². The molecule has 0 amide bonds. The summed E-state index contributed by atoms with van der Waals surface area (Å²) in [5.41, 5.74) is 4.06. The second-order valence-corrected chi connectivity index (χ2v) is 6.65. The Morgan fingerprint density at radius 1 is 0.870 bits per heavy atom. The first kappa shape index (κ1) is 16.0. The summed E-state index contributed by atoms with van der Waals surface area (Å²) in [6.07, 6.45) is 0. The highest BCUT2D eigenvalue weighted by molar-refractivity contribution is 6.08. The molecule has 3 rings (SSSR count). The van der Waals surface area contributed by atoms with Gasteiger partial charge in [-0.05, 0) is 51.8 Å². The van der Waals surface area contributed by atoms with Gasteiger partial charge in [-0.2, -0.15) is 0 Å². The van der Waals surface area contributed by atoms with Crippen LogP contribution in [-0.4, -0.2) is 48.6 Å². The molecule has 2 aromatic carbocycles. The third kappa shape index (κ3) is 3.26. The van der Waals surface area contributed by atoms with Crippen LogP contribution in [0.15, 0.2) is 42.5 Å². The summed E-state index contributed by atoms with van der Waals surface area (Å²) in [6.45, 7) is 6.39. The van der Waals surface area contributed by atoms with Gasteiger partial charge < -0.3 is 14.4 Å². The molecule has 0 radical (unpaired) electrons. The molecule has 0 aliphatic heterocycles. The molecule has 0 saturated heterocycles. The van der Waals surface area contributed by atoms with Crippen LogP contribution in [0.25, 0.3) is 21.8 Å². The molecular weight excluding hydrogens is 282 g/mol. The van der Waals surface area contributed by atoms with E-state index in [0.717, 1.165) is 26.2 Å². The van der Waals surface area contributed by atoms with E-state index in [1.807, 2.05) is 0 Å². The predicted octanol–water partition coefficient (Wildman–Crippen LogP) is 3.81. The van der Waals surface area contributed by atoms with Crippen molar-refractivity contribution < 1.29 is 0 Å². The molecule has 23 heavy (non-hydrogen) atoms. The van der Waals surface area contributed by atoms with E-state index in [4.69, 9.17) is 0 Å². The third-order valence-electron chi connectivity index (χ3n) is 4.53. The highest BCUT2D eigenvalue weighted by Gasteiger charge is 2.10. The topological polar surface area (TPSA) is 11.4 Å². The molecule has 0 saturated carbocycles. The van der Waals surface area contributed by atoms with Crippen molar-refractivity contribution in [2.75, 3.05) is 34.2 Å². The van der Waals surface area contributed by atoms with Crippen LogP contribution in [0.5, 0.6) is 0 Å². The lowest BCUT2D eigenvalue weighted by atomic mass is 10.1. The van der Waals surface area contributed by atoms with E-state index in [-0.39, 0.29) is 0 Å². The highest BCUT2D eigenvalue weighted by Crippen LogP contribution is 2.29. The number of hydrogen-bond donors (Lipinski definition) is 0. The van der Waals surface area contributed by atoms with Gasteiger partial charge in [-0.15, -0.1) is 0 Å². The lowest BCUT2D eigenvalue weighted by Gasteiger charge is -2.19. The van der Waals surface area contributed by atoms with Gasteiger partial charge in [0.1, 0.15) is 0 Å².